The van der Waals surface area contributed by atoms with E-state index in [1.54, 1.807) is 7.11 Å². The predicted molar refractivity (Wildman–Crippen MR) is 39.5 cm³/mol. The van der Waals surface area contributed by atoms with Crippen LogP contribution in [0.3, 0.4) is 0 Å². The van der Waals surface area contributed by atoms with Gasteiger partial charge >= 0.3 is 5.97 Å². The van der Waals surface area contributed by atoms with E-state index in [9.17, 15) is 4.79 Å². The van der Waals surface area contributed by atoms with Gasteiger partial charge in [-0.3, -0.25) is 10.1 Å². The lowest BCUT2D eigenvalue weighted by molar-refractivity contribution is -0.139. The SMILES string of the molecule is COCC1CCC(C(=O)O)N1. The zero-order valence-electron chi connectivity index (χ0n) is 6.54. The number of carboxylic acids is 1. The summed E-state index contributed by atoms with van der Waals surface area (Å²) in [6.45, 7) is 0.601. The first-order chi connectivity index (χ1) is 5.24. The van der Waals surface area contributed by atoms with Crippen molar-refractivity contribution in [1.29, 1.82) is 0 Å². The Morgan fingerprint density at radius 2 is 2.45 bits per heavy atom. The van der Waals surface area contributed by atoms with Gasteiger partial charge in [0.05, 0.1) is 6.61 Å². The molecule has 0 aromatic heterocycles. The van der Waals surface area contributed by atoms with Crippen molar-refractivity contribution >= 4 is 5.97 Å². The highest BCUT2D eigenvalue weighted by Gasteiger charge is 2.28. The number of methoxy groups -OCH3 is 1. The minimum Gasteiger partial charge on any atom is -0.480 e. The fraction of sp³-hybridized carbons (Fsp3) is 0.857. The maximum atomic E-state index is 10.4. The second kappa shape index (κ2) is 3.69. The molecule has 1 saturated heterocycles. The number of rotatable bonds is 3. The molecule has 64 valence electrons. The van der Waals surface area contributed by atoms with Crippen LogP contribution in [0.2, 0.25) is 0 Å². The van der Waals surface area contributed by atoms with Crippen molar-refractivity contribution in [3.05, 3.63) is 0 Å². The Morgan fingerprint density at radius 3 is 2.91 bits per heavy atom. The maximum absolute atomic E-state index is 10.4. The molecule has 1 aliphatic heterocycles. The van der Waals surface area contributed by atoms with Crippen LogP contribution in [0, 0.1) is 0 Å². The van der Waals surface area contributed by atoms with Crippen molar-refractivity contribution in [3.8, 4) is 0 Å². The van der Waals surface area contributed by atoms with Crippen LogP contribution in [0.1, 0.15) is 12.8 Å². The van der Waals surface area contributed by atoms with Gasteiger partial charge in [0.25, 0.3) is 0 Å². The van der Waals surface area contributed by atoms with Gasteiger partial charge in [0.2, 0.25) is 0 Å². The summed E-state index contributed by atoms with van der Waals surface area (Å²) in [6, 6.07) is -0.142. The lowest BCUT2D eigenvalue weighted by atomic mass is 10.2. The third-order valence-corrected chi connectivity index (χ3v) is 1.91. The number of aliphatic carboxylic acids is 1. The fourth-order valence-corrected chi connectivity index (χ4v) is 1.35. The number of ether oxygens (including phenoxy) is 1. The summed E-state index contributed by atoms with van der Waals surface area (Å²) >= 11 is 0. The molecule has 0 radical (unpaired) electrons. The van der Waals surface area contributed by atoms with Crippen molar-refractivity contribution in [1.82, 2.24) is 5.32 Å². The molecule has 1 fully saturated rings. The molecule has 11 heavy (non-hydrogen) atoms. The Balaban J connectivity index is 2.29. The number of hydrogen-bond acceptors (Lipinski definition) is 3. The number of carbonyl (C=O) groups is 1. The van der Waals surface area contributed by atoms with Gasteiger partial charge in [-0.1, -0.05) is 0 Å². The molecule has 0 bridgehead atoms. The molecule has 1 aliphatic rings. The van der Waals surface area contributed by atoms with Gasteiger partial charge in [0, 0.05) is 13.2 Å². The largest absolute Gasteiger partial charge is 0.480 e. The summed E-state index contributed by atoms with van der Waals surface area (Å²) in [5.74, 6) is -0.761. The Kier molecular flexibility index (Phi) is 2.84. The summed E-state index contributed by atoms with van der Waals surface area (Å²) in [5, 5.41) is 11.6. The zero-order valence-corrected chi connectivity index (χ0v) is 6.54. The first-order valence-electron chi connectivity index (χ1n) is 3.72. The average Bonchev–Trinajstić information content (AvgIpc) is 2.37. The molecule has 1 heterocycles. The summed E-state index contributed by atoms with van der Waals surface area (Å²) in [7, 11) is 1.62. The topological polar surface area (TPSA) is 58.6 Å². The normalized spacial score (nSPS) is 30.6. The smallest absolute Gasteiger partial charge is 0.320 e. The molecule has 0 aliphatic carbocycles. The fourth-order valence-electron chi connectivity index (χ4n) is 1.35. The number of carboxylic acid groups (broad SMARTS) is 1. The highest BCUT2D eigenvalue weighted by Crippen LogP contribution is 2.12. The minimum atomic E-state index is -0.761. The molecule has 4 nitrogen and oxygen atoms in total. The van der Waals surface area contributed by atoms with Gasteiger partial charge in [-0.2, -0.15) is 0 Å². The Labute approximate surface area is 65.5 Å². The molecular formula is C7H13NO3. The Morgan fingerprint density at radius 1 is 1.73 bits per heavy atom. The molecule has 4 heteroatoms. The predicted octanol–water partition coefficient (Wildman–Crippen LogP) is -0.162. The van der Waals surface area contributed by atoms with E-state index >= 15 is 0 Å². The summed E-state index contributed by atoms with van der Waals surface area (Å²) in [5.41, 5.74) is 0. The molecule has 0 aromatic carbocycles. The highest BCUT2D eigenvalue weighted by molar-refractivity contribution is 5.73. The molecule has 0 saturated carbocycles. The molecule has 0 aromatic rings. The second-order valence-corrected chi connectivity index (χ2v) is 2.79. The van der Waals surface area contributed by atoms with E-state index in [1.807, 2.05) is 0 Å². The standard InChI is InChI=1S/C7H13NO3/c1-11-4-5-2-3-6(8-5)7(9)10/h5-6,8H,2-4H2,1H3,(H,9,10). The van der Waals surface area contributed by atoms with Crippen molar-refractivity contribution < 1.29 is 14.6 Å². The highest BCUT2D eigenvalue weighted by atomic mass is 16.5. The van der Waals surface area contributed by atoms with Gasteiger partial charge < -0.3 is 9.84 Å². The van der Waals surface area contributed by atoms with E-state index in [0.29, 0.717) is 13.0 Å². The Hall–Kier alpha value is -0.610. The molecule has 0 amide bonds. The van der Waals surface area contributed by atoms with Crippen molar-refractivity contribution in [2.75, 3.05) is 13.7 Å². The van der Waals surface area contributed by atoms with Crippen molar-refractivity contribution in [3.63, 3.8) is 0 Å². The molecular weight excluding hydrogens is 146 g/mol. The number of nitrogens with one attached hydrogen (secondary N) is 1. The second-order valence-electron chi connectivity index (χ2n) is 2.79. The third-order valence-electron chi connectivity index (χ3n) is 1.91. The van der Waals surface area contributed by atoms with E-state index in [-0.39, 0.29) is 12.1 Å². The molecule has 2 atom stereocenters. The lowest BCUT2D eigenvalue weighted by Crippen LogP contribution is -2.37. The van der Waals surface area contributed by atoms with Crippen LogP contribution < -0.4 is 5.32 Å². The van der Waals surface area contributed by atoms with E-state index in [4.69, 9.17) is 9.84 Å². The molecule has 2 N–H and O–H groups in total. The zero-order chi connectivity index (χ0) is 8.27. The summed E-state index contributed by atoms with van der Waals surface area (Å²) in [6.07, 6.45) is 1.61. The first kappa shape index (κ1) is 8.49. The Bertz CT molecular complexity index is 149. The van der Waals surface area contributed by atoms with Crippen LogP contribution in [0.4, 0.5) is 0 Å². The van der Waals surface area contributed by atoms with Crippen LogP contribution in [0.25, 0.3) is 0 Å². The molecule has 2 unspecified atom stereocenters. The maximum Gasteiger partial charge on any atom is 0.320 e. The monoisotopic (exact) mass is 159 g/mol. The molecule has 1 rings (SSSR count). The molecule has 0 spiro atoms. The van der Waals surface area contributed by atoms with Crippen LogP contribution >= 0.6 is 0 Å². The van der Waals surface area contributed by atoms with Crippen LogP contribution in [-0.4, -0.2) is 36.9 Å². The summed E-state index contributed by atoms with van der Waals surface area (Å²) in [4.78, 5) is 10.4. The first-order valence-corrected chi connectivity index (χ1v) is 3.72. The van der Waals surface area contributed by atoms with Crippen molar-refractivity contribution in [2.24, 2.45) is 0 Å². The van der Waals surface area contributed by atoms with Crippen LogP contribution in [-0.2, 0) is 9.53 Å². The van der Waals surface area contributed by atoms with Gasteiger partial charge in [-0.05, 0) is 12.8 Å². The van der Waals surface area contributed by atoms with Gasteiger partial charge in [0.1, 0.15) is 6.04 Å². The van der Waals surface area contributed by atoms with E-state index in [1.165, 1.54) is 0 Å². The lowest BCUT2D eigenvalue weighted by Gasteiger charge is -2.09. The van der Waals surface area contributed by atoms with E-state index in [0.717, 1.165) is 6.42 Å². The van der Waals surface area contributed by atoms with Crippen LogP contribution in [0.15, 0.2) is 0 Å². The van der Waals surface area contributed by atoms with Gasteiger partial charge in [-0.25, -0.2) is 0 Å². The van der Waals surface area contributed by atoms with Crippen LogP contribution in [0.5, 0.6) is 0 Å². The third kappa shape index (κ3) is 2.17. The number of hydrogen-bond donors (Lipinski definition) is 2. The van der Waals surface area contributed by atoms with Crippen molar-refractivity contribution in [2.45, 2.75) is 24.9 Å². The minimum absolute atomic E-state index is 0.223. The van der Waals surface area contributed by atoms with E-state index < -0.39 is 5.97 Å². The van der Waals surface area contributed by atoms with E-state index in [2.05, 4.69) is 5.32 Å². The summed E-state index contributed by atoms with van der Waals surface area (Å²) < 4.78 is 4.90. The quantitative estimate of drug-likeness (QED) is 0.600. The van der Waals surface area contributed by atoms with Gasteiger partial charge in [-0.15, -0.1) is 0 Å². The van der Waals surface area contributed by atoms with Gasteiger partial charge in [0.15, 0.2) is 0 Å². The average molecular weight is 159 g/mol.